The largest absolute Gasteiger partial charge is 0.355 e. The van der Waals surface area contributed by atoms with E-state index in [-0.39, 0.29) is 18.4 Å². The number of hydrogen-bond acceptors (Lipinski definition) is 4. The van der Waals surface area contributed by atoms with E-state index < -0.39 is 0 Å². The van der Waals surface area contributed by atoms with Crippen molar-refractivity contribution in [2.75, 3.05) is 24.7 Å². The Hall–Kier alpha value is -2.28. The maximum absolute atomic E-state index is 11.9. The van der Waals surface area contributed by atoms with Crippen LogP contribution in [0.3, 0.4) is 0 Å². The summed E-state index contributed by atoms with van der Waals surface area (Å²) in [5, 5.41) is 7.44. The molecule has 6 nitrogen and oxygen atoms in total. The summed E-state index contributed by atoms with van der Waals surface area (Å²) in [7, 11) is 0. The summed E-state index contributed by atoms with van der Waals surface area (Å²) in [6.07, 6.45) is 3.75. The molecule has 0 saturated carbocycles. The Morgan fingerprint density at radius 3 is 2.84 bits per heavy atom. The molecule has 0 unspecified atom stereocenters. The highest BCUT2D eigenvalue weighted by Crippen LogP contribution is 2.14. The highest BCUT2D eigenvalue weighted by molar-refractivity contribution is 8.00. The molecule has 1 aromatic carbocycles. The van der Waals surface area contributed by atoms with Gasteiger partial charge in [0.1, 0.15) is 6.54 Å². The van der Waals surface area contributed by atoms with Crippen molar-refractivity contribution in [1.82, 2.24) is 20.0 Å². The molecule has 1 aliphatic heterocycles. The van der Waals surface area contributed by atoms with Gasteiger partial charge in [-0.3, -0.25) is 9.59 Å². The lowest BCUT2D eigenvalue weighted by Gasteiger charge is -2.14. The summed E-state index contributed by atoms with van der Waals surface area (Å²) >= 11 is 1.55. The normalized spacial score (nSPS) is 14.1. The molecule has 1 aliphatic rings. The average molecular weight is 358 g/mol. The lowest BCUT2D eigenvalue weighted by molar-refractivity contribution is -0.132. The van der Waals surface area contributed by atoms with Crippen LogP contribution in [0.25, 0.3) is 5.69 Å². The first kappa shape index (κ1) is 17.5. The molecule has 0 aliphatic carbocycles. The maximum Gasteiger partial charge on any atom is 0.239 e. The summed E-state index contributed by atoms with van der Waals surface area (Å²) in [4.78, 5) is 25.0. The van der Waals surface area contributed by atoms with Crippen molar-refractivity contribution in [1.29, 1.82) is 0 Å². The fourth-order valence-electron chi connectivity index (χ4n) is 2.73. The second kappa shape index (κ2) is 8.20. The number of carbonyl (C=O) groups is 2. The van der Waals surface area contributed by atoms with Crippen molar-refractivity contribution in [3.05, 3.63) is 47.8 Å². The summed E-state index contributed by atoms with van der Waals surface area (Å²) in [5.41, 5.74) is 3.23. The highest BCUT2D eigenvalue weighted by atomic mass is 32.2. The molecule has 2 amide bonds. The van der Waals surface area contributed by atoms with E-state index in [0.29, 0.717) is 18.2 Å². The van der Waals surface area contributed by atoms with Gasteiger partial charge in [-0.05, 0) is 37.5 Å². The molecule has 0 radical (unpaired) electrons. The second-order valence-corrected chi connectivity index (χ2v) is 7.00. The van der Waals surface area contributed by atoms with Gasteiger partial charge in [0.05, 0.1) is 23.0 Å². The van der Waals surface area contributed by atoms with E-state index in [1.54, 1.807) is 16.7 Å². The first-order valence-corrected chi connectivity index (χ1v) is 9.52. The topological polar surface area (TPSA) is 67.2 Å². The zero-order valence-electron chi connectivity index (χ0n) is 14.3. The van der Waals surface area contributed by atoms with Gasteiger partial charge in [-0.25, -0.2) is 4.68 Å². The quantitative estimate of drug-likeness (QED) is 0.766. The van der Waals surface area contributed by atoms with Crippen LogP contribution in [0, 0.1) is 6.92 Å². The predicted octanol–water partition coefficient (Wildman–Crippen LogP) is 1.76. The van der Waals surface area contributed by atoms with Crippen LogP contribution >= 0.6 is 11.8 Å². The molecule has 2 heterocycles. The SMILES string of the molecule is Cc1nn(-c2ccccc2)cc1CCCNC(=O)CN1CSCC1=O. The molecule has 25 heavy (non-hydrogen) atoms. The average Bonchev–Trinajstić information content (AvgIpc) is 3.18. The molecule has 1 fully saturated rings. The van der Waals surface area contributed by atoms with Gasteiger partial charge in [0.2, 0.25) is 11.8 Å². The number of thioether (sulfide) groups is 1. The molecule has 132 valence electrons. The number of nitrogens with zero attached hydrogens (tertiary/aromatic N) is 3. The number of amides is 2. The van der Waals surface area contributed by atoms with Crippen LogP contribution in [-0.2, 0) is 16.0 Å². The van der Waals surface area contributed by atoms with E-state index in [4.69, 9.17) is 0 Å². The second-order valence-electron chi connectivity index (χ2n) is 6.04. The van der Waals surface area contributed by atoms with Crippen LogP contribution in [0.2, 0.25) is 0 Å². The standard InChI is InChI=1S/C18H22N4O2S/c1-14-15(10-22(20-14)16-7-3-2-4-8-16)6-5-9-19-17(23)11-21-13-25-12-18(21)24/h2-4,7-8,10H,5-6,9,11-13H2,1H3,(H,19,23). The van der Waals surface area contributed by atoms with Crippen molar-refractivity contribution in [3.63, 3.8) is 0 Å². The Labute approximate surface area is 151 Å². The van der Waals surface area contributed by atoms with Crippen LogP contribution in [0.15, 0.2) is 36.5 Å². The van der Waals surface area contributed by atoms with Crippen LogP contribution < -0.4 is 5.32 Å². The number of benzene rings is 1. The maximum atomic E-state index is 11.9. The summed E-state index contributed by atoms with van der Waals surface area (Å²) in [6.45, 7) is 2.77. The van der Waals surface area contributed by atoms with Crippen LogP contribution in [0.4, 0.5) is 0 Å². The molecule has 1 N–H and O–H groups in total. The predicted molar refractivity (Wildman–Crippen MR) is 98.7 cm³/mol. The Bertz CT molecular complexity index is 745. The minimum absolute atomic E-state index is 0.0455. The number of rotatable bonds is 7. The van der Waals surface area contributed by atoms with E-state index in [9.17, 15) is 9.59 Å². The van der Waals surface area contributed by atoms with Crippen LogP contribution in [0.5, 0.6) is 0 Å². The van der Waals surface area contributed by atoms with Crippen molar-refractivity contribution in [3.8, 4) is 5.69 Å². The minimum atomic E-state index is -0.0902. The smallest absolute Gasteiger partial charge is 0.239 e. The summed E-state index contributed by atoms with van der Waals surface area (Å²) < 4.78 is 1.89. The van der Waals surface area contributed by atoms with Gasteiger partial charge in [-0.15, -0.1) is 11.8 Å². The number of nitrogens with one attached hydrogen (secondary N) is 1. The van der Waals surface area contributed by atoms with Crippen molar-refractivity contribution in [2.24, 2.45) is 0 Å². The van der Waals surface area contributed by atoms with Gasteiger partial charge in [0.15, 0.2) is 0 Å². The summed E-state index contributed by atoms with van der Waals surface area (Å²) in [5.74, 6) is 1.05. The van der Waals surface area contributed by atoms with Gasteiger partial charge < -0.3 is 10.2 Å². The molecule has 2 aromatic rings. The molecule has 1 aromatic heterocycles. The number of carbonyl (C=O) groups excluding carboxylic acids is 2. The van der Waals surface area contributed by atoms with Crippen molar-refractivity contribution < 1.29 is 9.59 Å². The fraction of sp³-hybridized carbons (Fsp3) is 0.389. The molecule has 0 bridgehead atoms. The van der Waals surface area contributed by atoms with Crippen LogP contribution in [0.1, 0.15) is 17.7 Å². The first-order valence-electron chi connectivity index (χ1n) is 8.36. The van der Waals surface area contributed by atoms with E-state index in [1.807, 2.05) is 48.1 Å². The Balaban J connectivity index is 1.44. The third-order valence-corrected chi connectivity index (χ3v) is 5.07. The van der Waals surface area contributed by atoms with Crippen molar-refractivity contribution in [2.45, 2.75) is 19.8 Å². The van der Waals surface area contributed by atoms with Crippen molar-refractivity contribution >= 4 is 23.6 Å². The highest BCUT2D eigenvalue weighted by Gasteiger charge is 2.22. The number of para-hydroxylation sites is 1. The van der Waals surface area contributed by atoms with E-state index in [0.717, 1.165) is 24.2 Å². The van der Waals surface area contributed by atoms with E-state index in [2.05, 4.69) is 10.4 Å². The van der Waals surface area contributed by atoms with Gasteiger partial charge in [0.25, 0.3) is 0 Å². The molecular formula is C18H22N4O2S. The zero-order chi connectivity index (χ0) is 17.6. The fourth-order valence-corrected chi connectivity index (χ4v) is 3.63. The van der Waals surface area contributed by atoms with Gasteiger partial charge in [0, 0.05) is 12.7 Å². The third-order valence-electron chi connectivity index (χ3n) is 4.13. The van der Waals surface area contributed by atoms with Gasteiger partial charge >= 0.3 is 0 Å². The Morgan fingerprint density at radius 1 is 1.32 bits per heavy atom. The van der Waals surface area contributed by atoms with E-state index in [1.165, 1.54) is 5.56 Å². The molecule has 1 saturated heterocycles. The Kier molecular flexibility index (Phi) is 5.75. The number of hydrogen-bond donors (Lipinski definition) is 1. The number of aromatic nitrogens is 2. The third kappa shape index (κ3) is 4.63. The summed E-state index contributed by atoms with van der Waals surface area (Å²) in [6, 6.07) is 10.0. The lowest BCUT2D eigenvalue weighted by atomic mass is 10.1. The monoisotopic (exact) mass is 358 g/mol. The molecule has 0 spiro atoms. The lowest BCUT2D eigenvalue weighted by Crippen LogP contribution is -2.38. The zero-order valence-corrected chi connectivity index (χ0v) is 15.1. The molecule has 0 atom stereocenters. The van der Waals surface area contributed by atoms with Gasteiger partial charge in [-0.2, -0.15) is 5.10 Å². The first-order chi connectivity index (χ1) is 12.1. The van der Waals surface area contributed by atoms with Gasteiger partial charge in [-0.1, -0.05) is 18.2 Å². The van der Waals surface area contributed by atoms with E-state index >= 15 is 0 Å². The minimum Gasteiger partial charge on any atom is -0.355 e. The Morgan fingerprint density at radius 2 is 2.12 bits per heavy atom. The van der Waals surface area contributed by atoms with Crippen LogP contribution in [-0.4, -0.2) is 51.2 Å². The molecule has 3 rings (SSSR count). The molecule has 7 heteroatoms. The molecular weight excluding hydrogens is 336 g/mol. The number of aryl methyl sites for hydroxylation is 2.